The van der Waals surface area contributed by atoms with E-state index in [9.17, 15) is 9.59 Å². The van der Waals surface area contributed by atoms with Crippen molar-refractivity contribution in [3.8, 4) is 0 Å². The normalized spacial score (nSPS) is 10.1. The van der Waals surface area contributed by atoms with Crippen molar-refractivity contribution in [3.05, 3.63) is 51.1 Å². The smallest absolute Gasteiger partial charge is 0.306 e. The highest BCUT2D eigenvalue weighted by molar-refractivity contribution is 9.10. The second kappa shape index (κ2) is 7.95. The summed E-state index contributed by atoms with van der Waals surface area (Å²) in [5, 5.41) is 4.62. The van der Waals surface area contributed by atoms with Gasteiger partial charge in [-0.3, -0.25) is 9.59 Å². The minimum absolute atomic E-state index is 0.265. The third-order valence-corrected chi connectivity index (χ3v) is 4.11. The number of carbonyl (C=O) groups is 2. The van der Waals surface area contributed by atoms with Crippen molar-refractivity contribution < 1.29 is 14.3 Å². The number of esters is 1. The van der Waals surface area contributed by atoms with Crippen molar-refractivity contribution in [1.82, 2.24) is 0 Å². The van der Waals surface area contributed by atoms with E-state index in [4.69, 9.17) is 4.74 Å². The van der Waals surface area contributed by atoms with E-state index in [0.717, 1.165) is 9.35 Å². The van der Waals surface area contributed by atoms with Gasteiger partial charge in [0.2, 0.25) is 0 Å². The Balaban J connectivity index is 1.68. The van der Waals surface area contributed by atoms with Crippen LogP contribution in [0, 0.1) is 0 Å². The number of carbonyl (C=O) groups excluding carboxylic acids is 2. The van der Waals surface area contributed by atoms with Gasteiger partial charge < -0.3 is 10.1 Å². The lowest BCUT2D eigenvalue weighted by atomic mass is 10.3. The molecule has 0 saturated carbocycles. The van der Waals surface area contributed by atoms with Crippen LogP contribution in [0.25, 0.3) is 0 Å². The molecule has 0 fully saturated rings. The van der Waals surface area contributed by atoms with Crippen LogP contribution in [0.2, 0.25) is 0 Å². The van der Waals surface area contributed by atoms with E-state index < -0.39 is 0 Å². The Hall–Kier alpha value is -1.66. The van der Waals surface area contributed by atoms with Crippen molar-refractivity contribution in [3.63, 3.8) is 0 Å². The first-order chi connectivity index (χ1) is 10.1. The molecule has 0 saturated heterocycles. The van der Waals surface area contributed by atoms with Gasteiger partial charge in [-0.2, -0.15) is 0 Å². The van der Waals surface area contributed by atoms with Crippen molar-refractivity contribution in [2.24, 2.45) is 0 Å². The third kappa shape index (κ3) is 5.69. The number of thiophene rings is 1. The molecule has 1 N–H and O–H groups in total. The summed E-state index contributed by atoms with van der Waals surface area (Å²) < 4.78 is 5.87. The summed E-state index contributed by atoms with van der Waals surface area (Å²) in [6.45, 7) is -0.265. The number of amides is 1. The van der Waals surface area contributed by atoms with E-state index in [1.165, 1.54) is 0 Å². The predicted octanol–water partition coefficient (Wildman–Crippen LogP) is 3.63. The van der Waals surface area contributed by atoms with Gasteiger partial charge in [-0.25, -0.2) is 0 Å². The number of ether oxygens (including phenoxy) is 1. The van der Waals surface area contributed by atoms with Crippen LogP contribution in [0.15, 0.2) is 46.3 Å². The van der Waals surface area contributed by atoms with Crippen LogP contribution >= 0.6 is 27.3 Å². The first-order valence-electron chi connectivity index (χ1n) is 6.37. The number of anilines is 1. The van der Waals surface area contributed by atoms with Gasteiger partial charge in [0.05, 0.1) is 6.42 Å². The summed E-state index contributed by atoms with van der Waals surface area (Å²) in [4.78, 5) is 24.3. The molecule has 0 aliphatic rings. The molecule has 0 unspecified atom stereocenters. The maximum atomic E-state index is 11.6. The molecule has 1 aromatic carbocycles. The molecule has 2 aromatic rings. The van der Waals surface area contributed by atoms with Crippen LogP contribution in [-0.4, -0.2) is 18.5 Å². The van der Waals surface area contributed by atoms with E-state index >= 15 is 0 Å². The lowest BCUT2D eigenvalue weighted by Crippen LogP contribution is -2.20. The van der Waals surface area contributed by atoms with Gasteiger partial charge in [0.1, 0.15) is 0 Å². The highest BCUT2D eigenvalue weighted by atomic mass is 79.9. The number of hydrogen-bond donors (Lipinski definition) is 1. The summed E-state index contributed by atoms with van der Waals surface area (Å²) in [5.41, 5.74) is 0.665. The van der Waals surface area contributed by atoms with Crippen molar-refractivity contribution in [2.45, 2.75) is 12.8 Å². The lowest BCUT2D eigenvalue weighted by Gasteiger charge is -2.06. The largest absolute Gasteiger partial charge is 0.456 e. The standard InChI is InChI=1S/C15H14BrNO3S/c16-11-3-5-12(6-4-11)17-14(18)10-20-15(19)8-7-13-2-1-9-21-13/h1-6,9H,7-8,10H2,(H,17,18). The molecule has 0 atom stereocenters. The van der Waals surface area contributed by atoms with E-state index in [0.29, 0.717) is 12.1 Å². The minimum atomic E-state index is -0.366. The zero-order valence-electron chi connectivity index (χ0n) is 11.2. The van der Waals surface area contributed by atoms with E-state index in [2.05, 4.69) is 21.2 Å². The topological polar surface area (TPSA) is 55.4 Å². The van der Waals surface area contributed by atoms with Gasteiger partial charge in [0.25, 0.3) is 5.91 Å². The first-order valence-corrected chi connectivity index (χ1v) is 8.04. The molecule has 2 rings (SSSR count). The Bertz CT molecular complexity index is 596. The molecule has 0 aliphatic carbocycles. The molecule has 0 spiro atoms. The van der Waals surface area contributed by atoms with Crippen LogP contribution in [0.1, 0.15) is 11.3 Å². The Morgan fingerprint density at radius 3 is 2.62 bits per heavy atom. The summed E-state index contributed by atoms with van der Waals surface area (Å²) in [7, 11) is 0. The molecule has 1 aromatic heterocycles. The van der Waals surface area contributed by atoms with E-state index in [1.54, 1.807) is 23.5 Å². The van der Waals surface area contributed by atoms with Gasteiger partial charge in [-0.05, 0) is 42.1 Å². The molecule has 110 valence electrons. The Labute approximate surface area is 135 Å². The summed E-state index contributed by atoms with van der Waals surface area (Å²) >= 11 is 4.92. The van der Waals surface area contributed by atoms with Crippen molar-refractivity contribution >= 4 is 44.8 Å². The summed E-state index contributed by atoms with van der Waals surface area (Å²) in [5.74, 6) is -0.712. The Morgan fingerprint density at radius 2 is 1.95 bits per heavy atom. The monoisotopic (exact) mass is 367 g/mol. The predicted molar refractivity (Wildman–Crippen MR) is 86.4 cm³/mol. The molecule has 0 bridgehead atoms. The van der Waals surface area contributed by atoms with Crippen LogP contribution < -0.4 is 5.32 Å². The molecule has 6 heteroatoms. The lowest BCUT2D eigenvalue weighted by molar-refractivity contribution is -0.147. The maximum absolute atomic E-state index is 11.6. The average molecular weight is 368 g/mol. The quantitative estimate of drug-likeness (QED) is 0.793. The van der Waals surface area contributed by atoms with Crippen LogP contribution in [0.3, 0.4) is 0 Å². The Morgan fingerprint density at radius 1 is 1.19 bits per heavy atom. The fraction of sp³-hybridized carbons (Fsp3) is 0.200. The van der Waals surface area contributed by atoms with Gasteiger partial charge in [0, 0.05) is 15.0 Å². The van der Waals surface area contributed by atoms with Crippen LogP contribution in [0.4, 0.5) is 5.69 Å². The number of rotatable bonds is 6. The molecule has 21 heavy (non-hydrogen) atoms. The summed E-state index contributed by atoms with van der Waals surface area (Å²) in [6.07, 6.45) is 0.927. The molecular weight excluding hydrogens is 354 g/mol. The summed E-state index contributed by atoms with van der Waals surface area (Å²) in [6, 6.07) is 11.1. The average Bonchev–Trinajstić information content (AvgIpc) is 2.99. The minimum Gasteiger partial charge on any atom is -0.456 e. The number of nitrogens with one attached hydrogen (secondary N) is 1. The van der Waals surface area contributed by atoms with Crippen molar-refractivity contribution in [2.75, 3.05) is 11.9 Å². The highest BCUT2D eigenvalue weighted by Gasteiger charge is 2.08. The molecule has 0 aliphatic heterocycles. The fourth-order valence-corrected chi connectivity index (χ4v) is 2.60. The zero-order chi connectivity index (χ0) is 15.1. The third-order valence-electron chi connectivity index (χ3n) is 2.65. The van der Waals surface area contributed by atoms with Gasteiger partial charge >= 0.3 is 5.97 Å². The van der Waals surface area contributed by atoms with Gasteiger partial charge in [-0.15, -0.1) is 11.3 Å². The van der Waals surface area contributed by atoms with Crippen LogP contribution in [-0.2, 0) is 20.7 Å². The number of hydrogen-bond acceptors (Lipinski definition) is 4. The maximum Gasteiger partial charge on any atom is 0.306 e. The number of aryl methyl sites for hydroxylation is 1. The van der Waals surface area contributed by atoms with Crippen LogP contribution in [0.5, 0.6) is 0 Å². The van der Waals surface area contributed by atoms with E-state index in [1.807, 2.05) is 29.6 Å². The molecule has 0 radical (unpaired) electrons. The first kappa shape index (κ1) is 15.7. The number of halogens is 1. The SMILES string of the molecule is O=C(COC(=O)CCc1cccs1)Nc1ccc(Br)cc1. The highest BCUT2D eigenvalue weighted by Crippen LogP contribution is 2.14. The fourth-order valence-electron chi connectivity index (χ4n) is 1.63. The molecule has 1 heterocycles. The molecular formula is C15H14BrNO3S. The second-order valence-corrected chi connectivity index (χ2v) is 6.24. The zero-order valence-corrected chi connectivity index (χ0v) is 13.6. The molecule has 1 amide bonds. The van der Waals surface area contributed by atoms with Gasteiger partial charge in [0.15, 0.2) is 6.61 Å². The second-order valence-electron chi connectivity index (χ2n) is 4.30. The van der Waals surface area contributed by atoms with Gasteiger partial charge in [-0.1, -0.05) is 22.0 Å². The van der Waals surface area contributed by atoms with E-state index in [-0.39, 0.29) is 24.9 Å². The van der Waals surface area contributed by atoms with Crippen molar-refractivity contribution in [1.29, 1.82) is 0 Å². The Kier molecular flexibility index (Phi) is 5.95. The molecule has 4 nitrogen and oxygen atoms in total. The number of benzene rings is 1.